The molecule has 8 nitrogen and oxygen atoms in total. The Morgan fingerprint density at radius 1 is 1.32 bits per heavy atom. The van der Waals surface area contributed by atoms with Gasteiger partial charge in [0.25, 0.3) is 5.91 Å². The third-order valence-corrected chi connectivity index (χ3v) is 4.64. The molecule has 4 rings (SSSR count). The zero-order valence-corrected chi connectivity index (χ0v) is 14.3. The standard InChI is InChI=1S/C17H22N6O2/c1-12-19-16-14(3-2-6-23(16)21-12)20-17(24)15-11-13(4-5-18-15)22-7-9-25-10-8-22/h4-5,11,14H,2-3,6-10H2,1H3,(H,20,24). The number of aromatic nitrogens is 4. The SMILES string of the molecule is Cc1nc2n(n1)CCCC2NC(=O)c1cc(N2CCOCC2)ccn1. The van der Waals surface area contributed by atoms with Crippen LogP contribution >= 0.6 is 0 Å². The van der Waals surface area contributed by atoms with Gasteiger partial charge in [-0.2, -0.15) is 5.10 Å². The zero-order valence-electron chi connectivity index (χ0n) is 14.3. The van der Waals surface area contributed by atoms with E-state index in [0.717, 1.165) is 49.8 Å². The third kappa shape index (κ3) is 3.34. The molecule has 2 aromatic rings. The molecule has 0 radical (unpaired) electrons. The van der Waals surface area contributed by atoms with Crippen molar-refractivity contribution in [3.05, 3.63) is 35.7 Å². The maximum Gasteiger partial charge on any atom is 0.270 e. The van der Waals surface area contributed by atoms with Crippen molar-refractivity contribution in [2.24, 2.45) is 0 Å². The van der Waals surface area contributed by atoms with Gasteiger partial charge < -0.3 is 15.0 Å². The predicted molar refractivity (Wildman–Crippen MR) is 91.5 cm³/mol. The van der Waals surface area contributed by atoms with Crippen LogP contribution in [0.15, 0.2) is 18.3 Å². The number of pyridine rings is 1. The summed E-state index contributed by atoms with van der Waals surface area (Å²) in [5.74, 6) is 1.40. The van der Waals surface area contributed by atoms with Gasteiger partial charge in [-0.3, -0.25) is 9.78 Å². The molecule has 1 amide bonds. The average molecular weight is 342 g/mol. The molecular formula is C17H22N6O2. The van der Waals surface area contributed by atoms with E-state index in [2.05, 4.69) is 25.3 Å². The summed E-state index contributed by atoms with van der Waals surface area (Å²) in [5, 5.41) is 7.44. The number of carbonyl (C=O) groups excluding carboxylic acids is 1. The van der Waals surface area contributed by atoms with Crippen molar-refractivity contribution < 1.29 is 9.53 Å². The number of nitrogens with zero attached hydrogens (tertiary/aromatic N) is 5. The molecule has 0 aromatic carbocycles. The summed E-state index contributed by atoms with van der Waals surface area (Å²) in [5.41, 5.74) is 1.43. The first-order valence-electron chi connectivity index (χ1n) is 8.71. The first-order valence-corrected chi connectivity index (χ1v) is 8.71. The molecule has 8 heteroatoms. The largest absolute Gasteiger partial charge is 0.378 e. The van der Waals surface area contributed by atoms with Gasteiger partial charge in [0.2, 0.25) is 0 Å². The molecule has 25 heavy (non-hydrogen) atoms. The number of amides is 1. The van der Waals surface area contributed by atoms with Crippen LogP contribution in [0.3, 0.4) is 0 Å². The molecule has 0 aliphatic carbocycles. The summed E-state index contributed by atoms with van der Waals surface area (Å²) < 4.78 is 7.27. The molecule has 1 N–H and O–H groups in total. The molecule has 4 heterocycles. The summed E-state index contributed by atoms with van der Waals surface area (Å²) in [6.45, 7) is 5.80. The highest BCUT2D eigenvalue weighted by Gasteiger charge is 2.26. The van der Waals surface area contributed by atoms with E-state index in [-0.39, 0.29) is 11.9 Å². The lowest BCUT2D eigenvalue weighted by Crippen LogP contribution is -2.37. The predicted octanol–water partition coefficient (Wildman–Crippen LogP) is 1.08. The fraction of sp³-hybridized carbons (Fsp3) is 0.529. The summed E-state index contributed by atoms with van der Waals surface area (Å²) >= 11 is 0. The Balaban J connectivity index is 1.50. The molecule has 0 bridgehead atoms. The number of ether oxygens (including phenoxy) is 1. The van der Waals surface area contributed by atoms with Crippen molar-refractivity contribution in [2.75, 3.05) is 31.2 Å². The highest BCUT2D eigenvalue weighted by atomic mass is 16.5. The van der Waals surface area contributed by atoms with Crippen molar-refractivity contribution in [1.82, 2.24) is 25.1 Å². The Kier molecular flexibility index (Phi) is 4.35. The molecule has 2 aromatic heterocycles. The molecule has 2 aliphatic rings. The molecule has 1 saturated heterocycles. The number of carbonyl (C=O) groups is 1. The topological polar surface area (TPSA) is 85.2 Å². The molecule has 1 fully saturated rings. The van der Waals surface area contributed by atoms with Crippen LogP contribution < -0.4 is 10.2 Å². The monoisotopic (exact) mass is 342 g/mol. The van der Waals surface area contributed by atoms with Crippen LogP contribution in [0.4, 0.5) is 5.69 Å². The summed E-state index contributed by atoms with van der Waals surface area (Å²) in [6.07, 6.45) is 3.53. The van der Waals surface area contributed by atoms with E-state index in [4.69, 9.17) is 4.74 Å². The molecule has 1 unspecified atom stereocenters. The Hall–Kier alpha value is -2.48. The van der Waals surface area contributed by atoms with E-state index < -0.39 is 0 Å². The Labute approximate surface area is 146 Å². The molecule has 0 saturated carbocycles. The number of hydrogen-bond donors (Lipinski definition) is 1. The first kappa shape index (κ1) is 16.0. The van der Waals surface area contributed by atoms with E-state index in [0.29, 0.717) is 18.9 Å². The van der Waals surface area contributed by atoms with Crippen molar-refractivity contribution in [3.8, 4) is 0 Å². The normalized spacial score (nSPS) is 20.2. The fourth-order valence-electron chi connectivity index (χ4n) is 3.40. The van der Waals surface area contributed by atoms with Crippen LogP contribution in [0.25, 0.3) is 0 Å². The van der Waals surface area contributed by atoms with Crippen molar-refractivity contribution in [3.63, 3.8) is 0 Å². The van der Waals surface area contributed by atoms with Gasteiger partial charge in [0.05, 0.1) is 19.3 Å². The smallest absolute Gasteiger partial charge is 0.270 e. The number of aryl methyl sites for hydroxylation is 2. The molecule has 2 aliphatic heterocycles. The average Bonchev–Trinajstić information content (AvgIpc) is 3.04. The first-order chi connectivity index (χ1) is 12.2. The Morgan fingerprint density at radius 2 is 2.16 bits per heavy atom. The lowest BCUT2D eigenvalue weighted by atomic mass is 10.1. The van der Waals surface area contributed by atoms with Crippen molar-refractivity contribution in [2.45, 2.75) is 32.4 Å². The minimum atomic E-state index is -0.172. The van der Waals surface area contributed by atoms with Crippen LogP contribution in [0.1, 0.15) is 41.0 Å². The number of nitrogens with one attached hydrogen (secondary N) is 1. The molecule has 0 spiro atoms. The number of hydrogen-bond acceptors (Lipinski definition) is 6. The molecule has 1 atom stereocenters. The second-order valence-electron chi connectivity index (χ2n) is 6.41. The Bertz CT molecular complexity index is 768. The number of rotatable bonds is 3. The van der Waals surface area contributed by atoms with E-state index >= 15 is 0 Å². The van der Waals surface area contributed by atoms with Crippen LogP contribution in [0.2, 0.25) is 0 Å². The van der Waals surface area contributed by atoms with Crippen molar-refractivity contribution >= 4 is 11.6 Å². The maximum absolute atomic E-state index is 12.7. The quantitative estimate of drug-likeness (QED) is 0.898. The number of morpholine rings is 1. The van der Waals surface area contributed by atoms with Gasteiger partial charge in [-0.15, -0.1) is 0 Å². The fourth-order valence-corrected chi connectivity index (χ4v) is 3.40. The Morgan fingerprint density at radius 3 is 3.00 bits per heavy atom. The highest BCUT2D eigenvalue weighted by molar-refractivity contribution is 5.93. The van der Waals surface area contributed by atoms with Gasteiger partial charge in [0.15, 0.2) is 0 Å². The van der Waals surface area contributed by atoms with Crippen LogP contribution in [0, 0.1) is 6.92 Å². The van der Waals surface area contributed by atoms with Gasteiger partial charge >= 0.3 is 0 Å². The van der Waals surface area contributed by atoms with E-state index in [9.17, 15) is 4.79 Å². The minimum Gasteiger partial charge on any atom is -0.378 e. The van der Waals surface area contributed by atoms with E-state index in [1.807, 2.05) is 23.7 Å². The van der Waals surface area contributed by atoms with Crippen LogP contribution in [0.5, 0.6) is 0 Å². The lowest BCUT2D eigenvalue weighted by molar-refractivity contribution is 0.0922. The zero-order chi connectivity index (χ0) is 17.2. The van der Waals surface area contributed by atoms with Gasteiger partial charge in [-0.1, -0.05) is 0 Å². The van der Waals surface area contributed by atoms with Gasteiger partial charge in [-0.25, -0.2) is 9.67 Å². The summed E-state index contributed by atoms with van der Waals surface area (Å²) in [6, 6.07) is 3.67. The van der Waals surface area contributed by atoms with E-state index in [1.165, 1.54) is 0 Å². The highest BCUT2D eigenvalue weighted by Crippen LogP contribution is 2.24. The van der Waals surface area contributed by atoms with E-state index in [1.54, 1.807) is 6.20 Å². The number of fused-ring (bicyclic) bond motifs is 1. The maximum atomic E-state index is 12.7. The molecule has 132 valence electrons. The number of anilines is 1. The second-order valence-corrected chi connectivity index (χ2v) is 6.41. The lowest BCUT2D eigenvalue weighted by Gasteiger charge is -2.29. The van der Waals surface area contributed by atoms with Gasteiger partial charge in [0.1, 0.15) is 17.3 Å². The van der Waals surface area contributed by atoms with Crippen LogP contribution in [-0.4, -0.2) is 52.0 Å². The summed E-state index contributed by atoms with van der Waals surface area (Å²) in [4.78, 5) is 23.6. The van der Waals surface area contributed by atoms with Crippen LogP contribution in [-0.2, 0) is 11.3 Å². The summed E-state index contributed by atoms with van der Waals surface area (Å²) in [7, 11) is 0. The second kappa shape index (κ2) is 6.79. The van der Waals surface area contributed by atoms with Gasteiger partial charge in [-0.05, 0) is 31.9 Å². The minimum absolute atomic E-state index is 0.115. The van der Waals surface area contributed by atoms with Gasteiger partial charge in [0, 0.05) is 31.5 Å². The third-order valence-electron chi connectivity index (χ3n) is 4.64. The van der Waals surface area contributed by atoms with Crippen molar-refractivity contribution in [1.29, 1.82) is 0 Å². The molecular weight excluding hydrogens is 320 g/mol.